The van der Waals surface area contributed by atoms with Crippen molar-refractivity contribution in [2.24, 2.45) is 30.0 Å². The highest BCUT2D eigenvalue weighted by Gasteiger charge is 2.40. The lowest BCUT2D eigenvalue weighted by molar-refractivity contribution is 0.683. The molecule has 0 radical (unpaired) electrons. The maximum atomic E-state index is 5.78. The summed E-state index contributed by atoms with van der Waals surface area (Å²) in [7, 11) is 0. The number of hydrogen-bond donors (Lipinski definition) is 0. The molecule has 0 saturated carbocycles. The highest BCUT2D eigenvalue weighted by atomic mass is 15.2. The van der Waals surface area contributed by atoms with Crippen LogP contribution in [0.25, 0.3) is 22.2 Å². The molecule has 4 aliphatic heterocycles. The number of amidine groups is 4. The summed E-state index contributed by atoms with van der Waals surface area (Å²) in [5.41, 5.74) is 27.8. The first-order chi connectivity index (χ1) is 26.5. The largest absolute Gasteiger partial charge is 0.295 e. The van der Waals surface area contributed by atoms with E-state index >= 15 is 0 Å². The Labute approximate surface area is 328 Å². The summed E-state index contributed by atoms with van der Waals surface area (Å²) in [4.78, 5) is 33.9. The van der Waals surface area contributed by atoms with Crippen LogP contribution in [0.15, 0.2) is 30.0 Å². The SMILES string of the molecule is Cc1c(C)c(C)c2c(c1C)C1=NC/2=N\C2=c3c(C)c(C)c(C)c(C)c3=C3/N=C4N=C(/N=c5/c6c(C)c(C)c(C)c(C)c6/c(n5C23)=N/1)c1c(C)c(C)c(C)c(C)c1\4. The molecule has 0 spiro atoms. The lowest BCUT2D eigenvalue weighted by Crippen LogP contribution is -2.34. The van der Waals surface area contributed by atoms with Crippen LogP contribution >= 0.6 is 0 Å². The number of rotatable bonds is 0. The van der Waals surface area contributed by atoms with E-state index in [0.717, 1.165) is 77.5 Å². The Morgan fingerprint density at radius 3 is 0.875 bits per heavy atom. The fourth-order valence-corrected chi connectivity index (χ4v) is 10.4. The minimum absolute atomic E-state index is 0.425. The zero-order valence-corrected chi connectivity index (χ0v) is 35.7. The van der Waals surface area contributed by atoms with E-state index < -0.39 is 6.04 Å². The van der Waals surface area contributed by atoms with Gasteiger partial charge in [-0.25, -0.2) is 30.0 Å². The molecule has 0 unspecified atom stereocenters. The Balaban J connectivity index is 1.56. The molecule has 7 nitrogen and oxygen atoms in total. The second-order valence-electron chi connectivity index (χ2n) is 17.2. The van der Waals surface area contributed by atoms with Crippen molar-refractivity contribution in [2.45, 2.75) is 117 Å². The number of nitrogens with zero attached hydrogens (tertiary/aromatic N) is 7. The fourth-order valence-electron chi connectivity index (χ4n) is 10.4. The number of aliphatic imine (C=N–C) groups is 4. The summed E-state index contributed by atoms with van der Waals surface area (Å²) >= 11 is 0. The van der Waals surface area contributed by atoms with E-state index in [1.807, 2.05) is 0 Å². The molecule has 0 fully saturated rings. The number of aromatic nitrogens is 1. The van der Waals surface area contributed by atoms with Gasteiger partial charge in [0.05, 0.1) is 11.4 Å². The van der Waals surface area contributed by atoms with Gasteiger partial charge >= 0.3 is 0 Å². The van der Waals surface area contributed by atoms with Crippen LogP contribution in [-0.2, 0) is 0 Å². The van der Waals surface area contributed by atoms with Crippen LogP contribution in [0.1, 0.15) is 117 Å². The van der Waals surface area contributed by atoms with Gasteiger partial charge in [-0.2, -0.15) is 0 Å². The number of benzene rings is 4. The van der Waals surface area contributed by atoms with Gasteiger partial charge in [-0.15, -0.1) is 0 Å². The van der Waals surface area contributed by atoms with Gasteiger partial charge in [-0.1, -0.05) is 0 Å². The normalized spacial score (nSPS) is 19.1. The van der Waals surface area contributed by atoms with Gasteiger partial charge in [0, 0.05) is 43.5 Å². The van der Waals surface area contributed by atoms with E-state index in [4.69, 9.17) is 30.0 Å². The van der Waals surface area contributed by atoms with Gasteiger partial charge in [-0.05, 0) is 200 Å². The minimum atomic E-state index is -0.425. The molecule has 7 heteroatoms. The monoisotopic (exact) mass is 735 g/mol. The molecular weight excluding hydrogens is 687 g/mol. The zero-order valence-electron chi connectivity index (χ0n) is 35.7. The second-order valence-corrected chi connectivity index (χ2v) is 17.2. The maximum absolute atomic E-state index is 5.78. The van der Waals surface area contributed by atoms with E-state index in [1.165, 1.54) is 89.0 Å². The maximum Gasteiger partial charge on any atom is 0.165 e. The summed E-state index contributed by atoms with van der Waals surface area (Å²) in [6, 6.07) is -0.425. The third kappa shape index (κ3) is 3.94. The van der Waals surface area contributed by atoms with E-state index in [0.29, 0.717) is 11.7 Å². The molecular formula is C49H49N7. The van der Waals surface area contributed by atoms with Crippen LogP contribution in [0.3, 0.4) is 0 Å². The van der Waals surface area contributed by atoms with Crippen molar-refractivity contribution in [1.82, 2.24) is 4.57 Å². The van der Waals surface area contributed by atoms with Crippen LogP contribution in [0.5, 0.6) is 0 Å². The first-order valence-corrected chi connectivity index (χ1v) is 20.0. The average molecular weight is 736 g/mol. The summed E-state index contributed by atoms with van der Waals surface area (Å²) in [5, 5.41) is 4.49. The number of fused-ring (bicyclic) bond motifs is 12. The van der Waals surface area contributed by atoms with E-state index in [2.05, 4.69) is 115 Å². The molecule has 5 aromatic rings. The molecule has 0 atom stereocenters. The van der Waals surface area contributed by atoms with E-state index in [-0.39, 0.29) is 0 Å². The third-order valence-corrected chi connectivity index (χ3v) is 15.1. The van der Waals surface area contributed by atoms with Crippen molar-refractivity contribution < 1.29 is 0 Å². The number of aryl methyl sites for hydroxylation is 2. The number of hydrogen-bond acceptors (Lipinski definition) is 6. The average Bonchev–Trinajstić information content (AvgIpc) is 3.91. The summed E-state index contributed by atoms with van der Waals surface area (Å²) in [6.45, 7) is 35.7. The Kier molecular flexibility index (Phi) is 6.89. The lowest BCUT2D eigenvalue weighted by Gasteiger charge is -2.21. The molecule has 4 bridgehead atoms. The van der Waals surface area contributed by atoms with Crippen molar-refractivity contribution in [3.63, 3.8) is 0 Å². The van der Waals surface area contributed by atoms with Crippen LogP contribution in [0.4, 0.5) is 0 Å². The van der Waals surface area contributed by atoms with Crippen molar-refractivity contribution in [1.29, 1.82) is 0 Å². The Morgan fingerprint density at radius 2 is 0.554 bits per heavy atom. The molecule has 0 amide bonds. The molecule has 1 aromatic heterocycles. The molecule has 4 aromatic carbocycles. The van der Waals surface area contributed by atoms with Crippen LogP contribution in [-0.4, -0.2) is 27.9 Å². The Morgan fingerprint density at radius 1 is 0.286 bits per heavy atom. The van der Waals surface area contributed by atoms with Gasteiger partial charge in [-0.3, -0.25) is 4.57 Å². The van der Waals surface area contributed by atoms with Gasteiger partial charge in [0.2, 0.25) is 0 Å². The van der Waals surface area contributed by atoms with Gasteiger partial charge in [0.1, 0.15) is 17.0 Å². The molecule has 5 aliphatic rings. The summed E-state index contributed by atoms with van der Waals surface area (Å²) in [5.74, 6) is 2.88. The van der Waals surface area contributed by atoms with Crippen molar-refractivity contribution in [3.05, 3.63) is 133 Å². The van der Waals surface area contributed by atoms with Gasteiger partial charge < -0.3 is 0 Å². The zero-order chi connectivity index (χ0) is 39.9. The van der Waals surface area contributed by atoms with E-state index in [1.54, 1.807) is 0 Å². The quantitative estimate of drug-likeness (QED) is 0.156. The van der Waals surface area contributed by atoms with Crippen molar-refractivity contribution in [3.8, 4) is 0 Å². The highest BCUT2D eigenvalue weighted by molar-refractivity contribution is 6.26. The van der Waals surface area contributed by atoms with Gasteiger partial charge in [0.25, 0.3) is 0 Å². The predicted molar refractivity (Wildman–Crippen MR) is 231 cm³/mol. The molecule has 280 valence electrons. The summed E-state index contributed by atoms with van der Waals surface area (Å²) in [6.07, 6.45) is 0. The van der Waals surface area contributed by atoms with Crippen molar-refractivity contribution >= 4 is 45.5 Å². The predicted octanol–water partition coefficient (Wildman–Crippen LogP) is 7.73. The molecule has 56 heavy (non-hydrogen) atoms. The molecule has 0 saturated heterocycles. The van der Waals surface area contributed by atoms with E-state index in [9.17, 15) is 0 Å². The minimum Gasteiger partial charge on any atom is -0.295 e. The lowest BCUT2D eigenvalue weighted by atomic mass is 9.89. The van der Waals surface area contributed by atoms with Crippen LogP contribution in [0.2, 0.25) is 0 Å². The third-order valence-electron chi connectivity index (χ3n) is 15.1. The highest BCUT2D eigenvalue weighted by Crippen LogP contribution is 2.41. The van der Waals surface area contributed by atoms with Crippen LogP contribution in [0, 0.1) is 111 Å². The molecule has 5 heterocycles. The summed E-state index contributed by atoms with van der Waals surface area (Å²) < 4.78 is 2.38. The van der Waals surface area contributed by atoms with Crippen molar-refractivity contribution in [2.75, 3.05) is 0 Å². The van der Waals surface area contributed by atoms with Crippen LogP contribution < -0.4 is 21.4 Å². The van der Waals surface area contributed by atoms with Gasteiger partial charge in [0.15, 0.2) is 23.3 Å². The Bertz CT molecular complexity index is 3070. The first kappa shape index (κ1) is 34.9. The Hall–Kier alpha value is -5.56. The second kappa shape index (κ2) is 11.1. The molecule has 10 rings (SSSR count). The topological polar surface area (TPSA) is 79.1 Å². The molecule has 1 aliphatic carbocycles. The molecule has 0 N–H and O–H groups in total. The smallest absolute Gasteiger partial charge is 0.165 e. The fraction of sp³-hybridized carbons (Fsp3) is 0.347. The standard InChI is InChI=1S/C49H49N7/c1-17-18(2)26(10)34-33(25(17)9)41-43-42(34)51-45-36-28(12)20(4)22(6)30(14)38(36)47(53-45)55-49-40-32(16)24(8)23(7)31(15)39(40)48(56(43)49)54-46-37-29(13)21(5)19(3)27(11)35(37)44(50-41)52-46/h43H,1-16H3/b50-41?,50-44-,51-42?,51-45-,54-46?,54-48-,55-47?,55-49-. The first-order valence-electron chi connectivity index (χ1n) is 20.0.